The molecule has 2 heterocycles. The van der Waals surface area contributed by atoms with E-state index in [0.717, 1.165) is 4.90 Å². The van der Waals surface area contributed by atoms with Crippen LogP contribution < -0.4 is 15.0 Å². The molecule has 1 saturated heterocycles. The molecule has 1 fully saturated rings. The second kappa shape index (κ2) is 6.41. The largest absolute Gasteiger partial charge is 0.494 e. The first kappa shape index (κ1) is 15.5. The standard InChI is InChI=1S/C17H14N2O5/c1-2-23-12-7-5-11(6-8-12)19-16(21)14(15(20)18-17(19)22)10-13-4-3-9-24-13/h3-10H,2H2,1H3,(H,18,20,22)/b14-10-. The summed E-state index contributed by atoms with van der Waals surface area (Å²) < 4.78 is 10.4. The minimum Gasteiger partial charge on any atom is -0.494 e. The lowest BCUT2D eigenvalue weighted by atomic mass is 10.1. The number of barbiturate groups is 1. The van der Waals surface area contributed by atoms with Crippen LogP contribution in [0.25, 0.3) is 6.08 Å². The Kier molecular flexibility index (Phi) is 4.15. The van der Waals surface area contributed by atoms with Crippen LogP contribution >= 0.6 is 0 Å². The number of amides is 4. The molecule has 4 amide bonds. The van der Waals surface area contributed by atoms with Crippen LogP contribution in [-0.4, -0.2) is 24.5 Å². The molecule has 0 radical (unpaired) electrons. The van der Waals surface area contributed by atoms with Crippen molar-refractivity contribution < 1.29 is 23.5 Å². The van der Waals surface area contributed by atoms with Gasteiger partial charge in [0.1, 0.15) is 17.1 Å². The number of hydrogen-bond donors (Lipinski definition) is 1. The number of imide groups is 2. The van der Waals surface area contributed by atoms with Crippen molar-refractivity contribution in [2.75, 3.05) is 11.5 Å². The van der Waals surface area contributed by atoms with E-state index in [0.29, 0.717) is 23.8 Å². The Morgan fingerprint density at radius 2 is 1.92 bits per heavy atom. The number of nitrogens with one attached hydrogen (secondary N) is 1. The van der Waals surface area contributed by atoms with Gasteiger partial charge in [-0.2, -0.15) is 0 Å². The summed E-state index contributed by atoms with van der Waals surface area (Å²) in [6.45, 7) is 2.36. The summed E-state index contributed by atoms with van der Waals surface area (Å²) in [5.41, 5.74) is 0.150. The number of nitrogens with zero attached hydrogens (tertiary/aromatic N) is 1. The predicted octanol–water partition coefficient (Wildman–Crippen LogP) is 2.34. The van der Waals surface area contributed by atoms with Crippen molar-refractivity contribution in [3.63, 3.8) is 0 Å². The van der Waals surface area contributed by atoms with Crippen molar-refractivity contribution in [2.24, 2.45) is 0 Å². The normalized spacial score (nSPS) is 16.5. The monoisotopic (exact) mass is 326 g/mol. The van der Waals surface area contributed by atoms with Crippen LogP contribution in [0.3, 0.4) is 0 Å². The molecule has 2 aromatic rings. The maximum Gasteiger partial charge on any atom is 0.335 e. The van der Waals surface area contributed by atoms with Gasteiger partial charge in [-0.25, -0.2) is 9.69 Å². The highest BCUT2D eigenvalue weighted by Gasteiger charge is 2.36. The molecule has 0 bridgehead atoms. The van der Waals surface area contributed by atoms with Crippen molar-refractivity contribution in [1.82, 2.24) is 5.32 Å². The molecule has 1 aliphatic heterocycles. The van der Waals surface area contributed by atoms with E-state index in [1.54, 1.807) is 36.4 Å². The Hall–Kier alpha value is -3.35. The summed E-state index contributed by atoms with van der Waals surface area (Å²) in [6, 6.07) is 8.87. The fourth-order valence-electron chi connectivity index (χ4n) is 2.27. The van der Waals surface area contributed by atoms with Gasteiger partial charge in [-0.15, -0.1) is 0 Å². The van der Waals surface area contributed by atoms with Gasteiger partial charge in [0.25, 0.3) is 11.8 Å². The minimum absolute atomic E-state index is 0.182. The van der Waals surface area contributed by atoms with Crippen LogP contribution in [-0.2, 0) is 9.59 Å². The molecular formula is C17H14N2O5. The molecular weight excluding hydrogens is 312 g/mol. The number of carbonyl (C=O) groups is 3. The van der Waals surface area contributed by atoms with Gasteiger partial charge in [-0.3, -0.25) is 14.9 Å². The van der Waals surface area contributed by atoms with Crippen LogP contribution in [0, 0.1) is 0 Å². The average Bonchev–Trinajstić information content (AvgIpc) is 3.06. The Balaban J connectivity index is 1.93. The molecule has 7 heteroatoms. The minimum atomic E-state index is -0.800. The van der Waals surface area contributed by atoms with Gasteiger partial charge in [0.15, 0.2) is 0 Å². The Morgan fingerprint density at radius 3 is 2.54 bits per heavy atom. The molecule has 0 spiro atoms. The molecule has 7 nitrogen and oxygen atoms in total. The summed E-state index contributed by atoms with van der Waals surface area (Å²) >= 11 is 0. The molecule has 1 aromatic heterocycles. The highest BCUT2D eigenvalue weighted by molar-refractivity contribution is 6.39. The third-order valence-electron chi connectivity index (χ3n) is 3.34. The number of furan rings is 1. The van der Waals surface area contributed by atoms with Gasteiger partial charge in [0, 0.05) is 0 Å². The third kappa shape index (κ3) is 2.91. The molecule has 0 atom stereocenters. The first-order chi connectivity index (χ1) is 11.6. The van der Waals surface area contributed by atoms with Crippen molar-refractivity contribution >= 4 is 29.6 Å². The molecule has 0 saturated carbocycles. The summed E-state index contributed by atoms with van der Waals surface area (Å²) in [5, 5.41) is 2.15. The van der Waals surface area contributed by atoms with E-state index in [2.05, 4.69) is 5.32 Å². The zero-order valence-electron chi connectivity index (χ0n) is 12.8. The van der Waals surface area contributed by atoms with Crippen molar-refractivity contribution in [1.29, 1.82) is 0 Å². The van der Waals surface area contributed by atoms with Gasteiger partial charge in [-0.1, -0.05) is 0 Å². The lowest BCUT2D eigenvalue weighted by Crippen LogP contribution is -2.54. The quantitative estimate of drug-likeness (QED) is 0.688. The van der Waals surface area contributed by atoms with Crippen LogP contribution in [0.1, 0.15) is 12.7 Å². The van der Waals surface area contributed by atoms with Gasteiger partial charge in [0.2, 0.25) is 0 Å². The van der Waals surface area contributed by atoms with Crippen LogP contribution in [0.15, 0.2) is 52.7 Å². The van der Waals surface area contributed by atoms with Crippen molar-refractivity contribution in [3.8, 4) is 5.75 Å². The number of anilines is 1. The van der Waals surface area contributed by atoms with E-state index in [1.807, 2.05) is 6.92 Å². The van der Waals surface area contributed by atoms with E-state index < -0.39 is 17.8 Å². The second-order valence-electron chi connectivity index (χ2n) is 4.90. The first-order valence-electron chi connectivity index (χ1n) is 7.28. The molecule has 0 aliphatic carbocycles. The molecule has 1 N–H and O–H groups in total. The molecule has 1 aromatic carbocycles. The Morgan fingerprint density at radius 1 is 1.17 bits per heavy atom. The van der Waals surface area contributed by atoms with E-state index >= 15 is 0 Å². The lowest BCUT2D eigenvalue weighted by Gasteiger charge is -2.26. The highest BCUT2D eigenvalue weighted by atomic mass is 16.5. The van der Waals surface area contributed by atoms with E-state index in [-0.39, 0.29) is 5.57 Å². The molecule has 24 heavy (non-hydrogen) atoms. The number of rotatable bonds is 4. The topological polar surface area (TPSA) is 88.8 Å². The molecule has 3 rings (SSSR count). The number of urea groups is 1. The van der Waals surface area contributed by atoms with E-state index in [1.165, 1.54) is 12.3 Å². The maximum atomic E-state index is 12.6. The van der Waals surface area contributed by atoms with Gasteiger partial charge < -0.3 is 9.15 Å². The second-order valence-corrected chi connectivity index (χ2v) is 4.90. The molecule has 1 aliphatic rings. The van der Waals surface area contributed by atoms with Crippen molar-refractivity contribution in [2.45, 2.75) is 6.92 Å². The van der Waals surface area contributed by atoms with Crippen LogP contribution in [0.5, 0.6) is 5.75 Å². The lowest BCUT2D eigenvalue weighted by molar-refractivity contribution is -0.122. The molecule has 122 valence electrons. The zero-order valence-corrected chi connectivity index (χ0v) is 12.8. The maximum absolute atomic E-state index is 12.6. The number of hydrogen-bond acceptors (Lipinski definition) is 5. The van der Waals surface area contributed by atoms with Crippen LogP contribution in [0.2, 0.25) is 0 Å². The van der Waals surface area contributed by atoms with E-state index in [4.69, 9.17) is 9.15 Å². The summed E-state index contributed by atoms with van der Waals surface area (Å²) in [7, 11) is 0. The number of benzene rings is 1. The van der Waals surface area contributed by atoms with Gasteiger partial charge in [0.05, 0.1) is 18.6 Å². The fourth-order valence-corrected chi connectivity index (χ4v) is 2.27. The van der Waals surface area contributed by atoms with Gasteiger partial charge >= 0.3 is 6.03 Å². The summed E-state index contributed by atoms with van der Waals surface area (Å²) in [4.78, 5) is 37.5. The summed E-state index contributed by atoms with van der Waals surface area (Å²) in [5.74, 6) is -0.518. The van der Waals surface area contributed by atoms with Gasteiger partial charge in [-0.05, 0) is 49.4 Å². The number of ether oxygens (including phenoxy) is 1. The van der Waals surface area contributed by atoms with Crippen molar-refractivity contribution in [3.05, 3.63) is 54.0 Å². The van der Waals surface area contributed by atoms with E-state index in [9.17, 15) is 14.4 Å². The fraction of sp³-hybridized carbons (Fsp3) is 0.118. The Bertz CT molecular complexity index is 806. The third-order valence-corrected chi connectivity index (χ3v) is 3.34. The first-order valence-corrected chi connectivity index (χ1v) is 7.28. The number of carbonyl (C=O) groups excluding carboxylic acids is 3. The van der Waals surface area contributed by atoms with Crippen LogP contribution in [0.4, 0.5) is 10.5 Å². The molecule has 0 unspecified atom stereocenters. The smallest absolute Gasteiger partial charge is 0.335 e. The predicted molar refractivity (Wildman–Crippen MR) is 85.3 cm³/mol. The average molecular weight is 326 g/mol. The summed E-state index contributed by atoms with van der Waals surface area (Å²) in [6.07, 6.45) is 2.72. The SMILES string of the molecule is CCOc1ccc(N2C(=O)NC(=O)/C(=C/c3ccco3)C2=O)cc1. The zero-order chi connectivity index (χ0) is 17.1. The highest BCUT2D eigenvalue weighted by Crippen LogP contribution is 2.24. The Labute approximate surface area is 137 Å².